The van der Waals surface area contributed by atoms with Crippen molar-refractivity contribution in [3.63, 3.8) is 0 Å². The number of nitrogens with zero attached hydrogens (tertiary/aromatic N) is 1. The van der Waals surface area contributed by atoms with Gasteiger partial charge in [-0.3, -0.25) is 4.98 Å². The Balaban J connectivity index is 2.93. The van der Waals surface area contributed by atoms with E-state index in [1.165, 1.54) is 12.3 Å². The highest BCUT2D eigenvalue weighted by Gasteiger charge is 2.10. The third-order valence-corrected chi connectivity index (χ3v) is 1.60. The quantitative estimate of drug-likeness (QED) is 0.691. The maximum Gasteiger partial charge on any atom is 0.147 e. The molecule has 0 spiro atoms. The van der Waals surface area contributed by atoms with Crippen molar-refractivity contribution < 1.29 is 9.50 Å². The molecule has 0 bridgehead atoms. The van der Waals surface area contributed by atoms with Crippen LogP contribution in [0.3, 0.4) is 0 Å². The summed E-state index contributed by atoms with van der Waals surface area (Å²) < 4.78 is 12.7. The van der Waals surface area contributed by atoms with Crippen molar-refractivity contribution in [1.82, 2.24) is 4.98 Å². The lowest BCUT2D eigenvalue weighted by molar-refractivity contribution is 0.197. The third kappa shape index (κ3) is 1.88. The number of alkyl halides is 1. The predicted molar refractivity (Wildman–Crippen MR) is 39.9 cm³/mol. The van der Waals surface area contributed by atoms with Crippen molar-refractivity contribution in [3.05, 3.63) is 29.8 Å². The number of aromatic nitrogens is 1. The van der Waals surface area contributed by atoms with Gasteiger partial charge in [-0.2, -0.15) is 0 Å². The molecule has 0 radical (unpaired) electrons. The monoisotopic (exact) mass is 175 g/mol. The zero-order chi connectivity index (χ0) is 8.27. The van der Waals surface area contributed by atoms with Crippen LogP contribution in [-0.2, 0) is 0 Å². The van der Waals surface area contributed by atoms with Gasteiger partial charge in [-0.25, -0.2) is 4.39 Å². The molecule has 0 aliphatic rings. The van der Waals surface area contributed by atoms with Crippen molar-refractivity contribution in [2.24, 2.45) is 0 Å². The molecule has 60 valence electrons. The van der Waals surface area contributed by atoms with Crippen LogP contribution < -0.4 is 0 Å². The minimum atomic E-state index is -0.945. The molecule has 2 nitrogen and oxygen atoms in total. The van der Waals surface area contributed by atoms with Crippen LogP contribution in [0, 0.1) is 5.82 Å². The molecule has 1 heterocycles. The van der Waals surface area contributed by atoms with Gasteiger partial charge < -0.3 is 5.11 Å². The second-order valence-electron chi connectivity index (χ2n) is 2.07. The van der Waals surface area contributed by atoms with Crippen LogP contribution in [0.15, 0.2) is 18.5 Å². The molecule has 1 rings (SSSR count). The minimum Gasteiger partial charge on any atom is -0.387 e. The number of halogens is 2. The van der Waals surface area contributed by atoms with Gasteiger partial charge in [0.25, 0.3) is 0 Å². The highest BCUT2D eigenvalue weighted by atomic mass is 35.5. The lowest BCUT2D eigenvalue weighted by Crippen LogP contribution is -2.01. The highest BCUT2D eigenvalue weighted by Crippen LogP contribution is 2.16. The van der Waals surface area contributed by atoms with Crippen molar-refractivity contribution in [1.29, 1.82) is 0 Å². The molecule has 0 saturated heterocycles. The molecule has 0 aromatic carbocycles. The van der Waals surface area contributed by atoms with Crippen molar-refractivity contribution in [2.75, 3.05) is 5.88 Å². The summed E-state index contributed by atoms with van der Waals surface area (Å²) in [5, 5.41) is 9.11. The fourth-order valence-electron chi connectivity index (χ4n) is 0.739. The van der Waals surface area contributed by atoms with Crippen molar-refractivity contribution in [3.8, 4) is 0 Å². The lowest BCUT2D eigenvalue weighted by atomic mass is 10.2. The van der Waals surface area contributed by atoms with Crippen LogP contribution in [0.1, 0.15) is 11.7 Å². The summed E-state index contributed by atoms with van der Waals surface area (Å²) in [5.74, 6) is -0.540. The Morgan fingerprint density at radius 3 is 3.00 bits per heavy atom. The smallest absolute Gasteiger partial charge is 0.147 e. The summed E-state index contributed by atoms with van der Waals surface area (Å²) >= 11 is 5.32. The number of hydrogen-bond acceptors (Lipinski definition) is 2. The number of pyridine rings is 1. The number of aliphatic hydroxyl groups excluding tert-OH is 1. The first-order valence-electron chi connectivity index (χ1n) is 3.09. The normalized spacial score (nSPS) is 13.0. The topological polar surface area (TPSA) is 33.1 Å². The molecule has 1 atom stereocenters. The first-order chi connectivity index (χ1) is 5.25. The van der Waals surface area contributed by atoms with Gasteiger partial charge in [0.1, 0.15) is 5.82 Å². The Kier molecular flexibility index (Phi) is 2.79. The summed E-state index contributed by atoms with van der Waals surface area (Å²) in [7, 11) is 0. The largest absolute Gasteiger partial charge is 0.387 e. The van der Waals surface area contributed by atoms with Gasteiger partial charge in [0.2, 0.25) is 0 Å². The summed E-state index contributed by atoms with van der Waals surface area (Å²) in [6, 6.07) is 1.41. The van der Waals surface area contributed by atoms with Crippen LogP contribution in [0.4, 0.5) is 4.39 Å². The number of aliphatic hydroxyl groups is 1. The van der Waals surface area contributed by atoms with Gasteiger partial charge in [0.05, 0.1) is 18.2 Å². The van der Waals surface area contributed by atoms with Gasteiger partial charge in [0, 0.05) is 11.8 Å². The molecular formula is C7H7ClFNO. The van der Waals surface area contributed by atoms with E-state index < -0.39 is 11.9 Å². The molecular weight excluding hydrogens is 169 g/mol. The Morgan fingerprint density at radius 2 is 2.45 bits per heavy atom. The molecule has 1 N–H and O–H groups in total. The van der Waals surface area contributed by atoms with E-state index in [0.717, 1.165) is 6.20 Å². The average molecular weight is 176 g/mol. The molecule has 0 aliphatic heterocycles. The maximum atomic E-state index is 12.7. The van der Waals surface area contributed by atoms with E-state index in [1.807, 2.05) is 0 Å². The van der Waals surface area contributed by atoms with Gasteiger partial charge in [-0.15, -0.1) is 11.6 Å². The fourth-order valence-corrected chi connectivity index (χ4v) is 0.906. The Labute approximate surface area is 68.6 Å². The summed E-state index contributed by atoms with van der Waals surface area (Å²) in [6.07, 6.45) is 1.51. The second-order valence-corrected chi connectivity index (χ2v) is 2.38. The lowest BCUT2D eigenvalue weighted by Gasteiger charge is -2.06. The van der Waals surface area contributed by atoms with Gasteiger partial charge in [0.15, 0.2) is 0 Å². The van der Waals surface area contributed by atoms with Crippen molar-refractivity contribution >= 4 is 11.6 Å². The molecule has 4 heteroatoms. The third-order valence-electron chi connectivity index (χ3n) is 1.31. The highest BCUT2D eigenvalue weighted by molar-refractivity contribution is 6.18. The molecule has 1 aromatic heterocycles. The maximum absolute atomic E-state index is 12.7. The zero-order valence-electron chi connectivity index (χ0n) is 5.67. The van der Waals surface area contributed by atoms with E-state index in [-0.39, 0.29) is 11.4 Å². The SMILES string of the molecule is O[C@@H](CCl)c1ccncc1F. The van der Waals surface area contributed by atoms with Crippen LogP contribution >= 0.6 is 11.6 Å². The van der Waals surface area contributed by atoms with Crippen molar-refractivity contribution in [2.45, 2.75) is 6.10 Å². The molecule has 0 saturated carbocycles. The Hall–Kier alpha value is -0.670. The molecule has 0 fully saturated rings. The first kappa shape index (κ1) is 8.43. The van der Waals surface area contributed by atoms with Gasteiger partial charge in [-0.1, -0.05) is 0 Å². The van der Waals surface area contributed by atoms with E-state index in [0.29, 0.717) is 0 Å². The van der Waals surface area contributed by atoms with Crippen LogP contribution in [-0.4, -0.2) is 16.0 Å². The van der Waals surface area contributed by atoms with E-state index >= 15 is 0 Å². The number of hydrogen-bond donors (Lipinski definition) is 1. The van der Waals surface area contributed by atoms with Gasteiger partial charge >= 0.3 is 0 Å². The first-order valence-corrected chi connectivity index (χ1v) is 3.62. The van der Waals surface area contributed by atoms with E-state index in [4.69, 9.17) is 16.7 Å². The van der Waals surface area contributed by atoms with E-state index in [9.17, 15) is 4.39 Å². The summed E-state index contributed by atoms with van der Waals surface area (Å²) in [5.41, 5.74) is 0.190. The Morgan fingerprint density at radius 1 is 1.73 bits per heavy atom. The zero-order valence-corrected chi connectivity index (χ0v) is 6.42. The second kappa shape index (κ2) is 3.64. The van der Waals surface area contributed by atoms with E-state index in [1.54, 1.807) is 0 Å². The Bertz CT molecular complexity index is 244. The minimum absolute atomic E-state index is 0.0130. The van der Waals surface area contributed by atoms with Crippen LogP contribution in [0.5, 0.6) is 0 Å². The molecule has 0 amide bonds. The molecule has 0 unspecified atom stereocenters. The molecule has 11 heavy (non-hydrogen) atoms. The molecule has 0 aliphatic carbocycles. The van der Waals surface area contributed by atoms with Gasteiger partial charge in [-0.05, 0) is 6.07 Å². The van der Waals surface area contributed by atoms with Crippen LogP contribution in [0.2, 0.25) is 0 Å². The standard InChI is InChI=1S/C7H7ClFNO/c8-3-7(11)5-1-2-10-4-6(5)9/h1-2,4,7,11H,3H2/t7-/m0/s1. The predicted octanol–water partition coefficient (Wildman–Crippen LogP) is 1.49. The average Bonchev–Trinajstić information content (AvgIpc) is 2.04. The van der Waals surface area contributed by atoms with Crippen LogP contribution in [0.25, 0.3) is 0 Å². The summed E-state index contributed by atoms with van der Waals surface area (Å²) in [6.45, 7) is 0. The fraction of sp³-hybridized carbons (Fsp3) is 0.286. The molecule has 1 aromatic rings. The van der Waals surface area contributed by atoms with E-state index in [2.05, 4.69) is 4.98 Å². The number of rotatable bonds is 2. The summed E-state index contributed by atoms with van der Waals surface area (Å²) in [4.78, 5) is 3.53.